The maximum Gasteiger partial charge on any atom is 0.216 e. The van der Waals surface area contributed by atoms with E-state index in [0.29, 0.717) is 4.47 Å². The molecule has 4 nitrogen and oxygen atoms in total. The summed E-state index contributed by atoms with van der Waals surface area (Å²) in [5.41, 5.74) is 0.250. The highest BCUT2D eigenvalue weighted by Crippen LogP contribution is 2.27. The van der Waals surface area contributed by atoms with Gasteiger partial charge in [0.1, 0.15) is 16.7 Å². The summed E-state index contributed by atoms with van der Waals surface area (Å²) in [5, 5.41) is 18.9. The minimum atomic E-state index is -3.91. The number of sulfone groups is 1. The molecule has 106 valence electrons. The van der Waals surface area contributed by atoms with Crippen LogP contribution in [-0.2, 0) is 9.84 Å². The molecule has 0 amide bonds. The maximum absolute atomic E-state index is 12.4. The van der Waals surface area contributed by atoms with Gasteiger partial charge in [0.15, 0.2) is 0 Å². The molecular weight excluding hydrogens is 354 g/mol. The van der Waals surface area contributed by atoms with E-state index in [1.54, 1.807) is 30.3 Å². The van der Waals surface area contributed by atoms with Crippen molar-refractivity contribution in [1.82, 2.24) is 0 Å². The van der Waals surface area contributed by atoms with Gasteiger partial charge in [-0.15, -0.1) is 0 Å². The molecule has 0 radical (unpaired) electrons. The first-order valence-electron chi connectivity index (χ1n) is 5.85. The first kappa shape index (κ1) is 15.3. The van der Waals surface area contributed by atoms with Crippen molar-refractivity contribution >= 4 is 31.8 Å². The number of hydrogen-bond acceptors (Lipinski definition) is 4. The van der Waals surface area contributed by atoms with Gasteiger partial charge < -0.3 is 5.11 Å². The molecule has 0 unspecified atom stereocenters. The molecule has 0 heterocycles. The molecule has 0 fully saturated rings. The zero-order chi connectivity index (χ0) is 15.5. The van der Waals surface area contributed by atoms with Gasteiger partial charge in [-0.3, -0.25) is 0 Å². The Morgan fingerprint density at radius 1 is 1.19 bits per heavy atom. The van der Waals surface area contributed by atoms with Crippen LogP contribution in [0.3, 0.4) is 0 Å². The Labute approximate surface area is 131 Å². The molecule has 0 spiro atoms. The molecule has 2 aromatic rings. The summed E-state index contributed by atoms with van der Waals surface area (Å²) in [6.07, 6.45) is 1.16. The number of hydrogen-bond donors (Lipinski definition) is 1. The Morgan fingerprint density at radius 2 is 1.86 bits per heavy atom. The largest absolute Gasteiger partial charge is 0.507 e. The number of benzene rings is 2. The number of halogens is 1. The van der Waals surface area contributed by atoms with Gasteiger partial charge in [-0.25, -0.2) is 8.42 Å². The summed E-state index contributed by atoms with van der Waals surface area (Å²) < 4.78 is 25.4. The van der Waals surface area contributed by atoms with E-state index >= 15 is 0 Å². The Kier molecular flexibility index (Phi) is 4.46. The van der Waals surface area contributed by atoms with Crippen molar-refractivity contribution in [2.24, 2.45) is 0 Å². The summed E-state index contributed by atoms with van der Waals surface area (Å²) in [4.78, 5) is -0.394. The third-order valence-corrected chi connectivity index (χ3v) is 4.90. The minimum absolute atomic E-state index is 0.0345. The molecule has 0 bridgehead atoms. The highest BCUT2D eigenvalue weighted by atomic mass is 79.9. The normalized spacial score (nSPS) is 11.9. The molecule has 2 rings (SSSR count). The van der Waals surface area contributed by atoms with Crippen molar-refractivity contribution in [3.05, 3.63) is 63.5 Å². The molecule has 0 aliphatic rings. The molecule has 0 saturated heterocycles. The lowest BCUT2D eigenvalue weighted by Gasteiger charge is -2.04. The monoisotopic (exact) mass is 363 g/mol. The molecule has 21 heavy (non-hydrogen) atoms. The van der Waals surface area contributed by atoms with Crippen LogP contribution in [0.1, 0.15) is 5.56 Å². The number of allylic oxidation sites excluding steroid dienone is 1. The zero-order valence-electron chi connectivity index (χ0n) is 10.7. The molecule has 0 aromatic heterocycles. The van der Waals surface area contributed by atoms with E-state index in [1.165, 1.54) is 24.3 Å². The van der Waals surface area contributed by atoms with Crippen LogP contribution in [-0.4, -0.2) is 13.5 Å². The average Bonchev–Trinajstić information content (AvgIpc) is 2.48. The smallest absolute Gasteiger partial charge is 0.216 e. The lowest BCUT2D eigenvalue weighted by molar-refractivity contribution is 0.474. The quantitative estimate of drug-likeness (QED) is 0.846. The SMILES string of the molecule is N#CC(=Cc1cc(Br)ccc1O)S(=O)(=O)c1ccccc1. The predicted octanol–water partition coefficient (Wildman–Crippen LogP) is 3.49. The summed E-state index contributed by atoms with van der Waals surface area (Å²) in [6, 6.07) is 13.9. The Bertz CT molecular complexity index is 837. The third kappa shape index (κ3) is 3.32. The lowest BCUT2D eigenvalue weighted by Crippen LogP contribution is -2.03. The van der Waals surface area contributed by atoms with E-state index in [1.807, 2.05) is 0 Å². The van der Waals surface area contributed by atoms with Crippen molar-refractivity contribution in [1.29, 1.82) is 5.26 Å². The molecule has 6 heteroatoms. The van der Waals surface area contributed by atoms with Gasteiger partial charge in [-0.05, 0) is 36.4 Å². The molecular formula is C15H10BrNO3S. The highest BCUT2D eigenvalue weighted by Gasteiger charge is 2.20. The third-order valence-electron chi connectivity index (χ3n) is 2.73. The fourth-order valence-corrected chi connectivity index (χ4v) is 3.23. The molecule has 0 saturated carbocycles. The number of phenols is 1. The average molecular weight is 364 g/mol. The topological polar surface area (TPSA) is 78.2 Å². The van der Waals surface area contributed by atoms with Crippen LogP contribution < -0.4 is 0 Å². The van der Waals surface area contributed by atoms with Crippen molar-refractivity contribution in [2.75, 3.05) is 0 Å². The first-order chi connectivity index (χ1) is 9.95. The van der Waals surface area contributed by atoms with Crippen molar-refractivity contribution < 1.29 is 13.5 Å². The molecule has 2 aromatic carbocycles. The van der Waals surface area contributed by atoms with Crippen molar-refractivity contribution in [3.63, 3.8) is 0 Å². The first-order valence-corrected chi connectivity index (χ1v) is 8.13. The fourth-order valence-electron chi connectivity index (χ4n) is 1.68. The van der Waals surface area contributed by atoms with Crippen LogP contribution in [0.4, 0.5) is 0 Å². The van der Waals surface area contributed by atoms with E-state index in [4.69, 9.17) is 5.26 Å². The Hall–Kier alpha value is -2.10. The second kappa shape index (κ2) is 6.12. The summed E-state index contributed by atoms with van der Waals surface area (Å²) in [5.74, 6) is -0.103. The zero-order valence-corrected chi connectivity index (χ0v) is 13.1. The second-order valence-corrected chi connectivity index (χ2v) is 6.97. The standard InChI is InChI=1S/C15H10BrNO3S/c16-12-6-7-15(18)11(8-12)9-14(10-17)21(19,20)13-4-2-1-3-5-13/h1-9,18H. The van der Waals surface area contributed by atoms with Gasteiger partial charge in [-0.1, -0.05) is 34.1 Å². The van der Waals surface area contributed by atoms with Crippen LogP contribution in [0.5, 0.6) is 5.75 Å². The van der Waals surface area contributed by atoms with E-state index in [2.05, 4.69) is 15.9 Å². The summed E-state index contributed by atoms with van der Waals surface area (Å²) in [7, 11) is -3.91. The molecule has 0 atom stereocenters. The van der Waals surface area contributed by atoms with Crippen molar-refractivity contribution in [3.8, 4) is 11.8 Å². The van der Waals surface area contributed by atoms with Crippen LogP contribution in [0, 0.1) is 11.3 Å². The van der Waals surface area contributed by atoms with E-state index in [-0.39, 0.29) is 16.2 Å². The van der Waals surface area contributed by atoms with Gasteiger partial charge >= 0.3 is 0 Å². The number of nitrogens with zero attached hydrogens (tertiary/aromatic N) is 1. The Morgan fingerprint density at radius 3 is 2.48 bits per heavy atom. The van der Waals surface area contributed by atoms with Crippen molar-refractivity contribution in [2.45, 2.75) is 4.90 Å². The lowest BCUT2D eigenvalue weighted by atomic mass is 10.2. The number of nitriles is 1. The minimum Gasteiger partial charge on any atom is -0.507 e. The number of aromatic hydroxyl groups is 1. The van der Waals surface area contributed by atoms with Gasteiger partial charge in [0.05, 0.1) is 4.90 Å². The van der Waals surface area contributed by atoms with E-state index in [0.717, 1.165) is 6.08 Å². The van der Waals surface area contributed by atoms with Crippen LogP contribution in [0.15, 0.2) is 62.8 Å². The fraction of sp³-hybridized carbons (Fsp3) is 0. The molecule has 0 aliphatic carbocycles. The number of rotatable bonds is 3. The predicted molar refractivity (Wildman–Crippen MR) is 83.0 cm³/mol. The summed E-state index contributed by atoms with van der Waals surface area (Å²) >= 11 is 3.23. The molecule has 0 aliphatic heterocycles. The van der Waals surface area contributed by atoms with Gasteiger partial charge in [0, 0.05) is 10.0 Å². The maximum atomic E-state index is 12.4. The highest BCUT2D eigenvalue weighted by molar-refractivity contribution is 9.10. The summed E-state index contributed by atoms with van der Waals surface area (Å²) in [6.45, 7) is 0. The van der Waals surface area contributed by atoms with Gasteiger partial charge in [0.25, 0.3) is 0 Å². The van der Waals surface area contributed by atoms with Crippen LogP contribution >= 0.6 is 15.9 Å². The second-order valence-electron chi connectivity index (χ2n) is 4.14. The van der Waals surface area contributed by atoms with E-state index in [9.17, 15) is 13.5 Å². The number of phenolic OH excluding ortho intramolecular Hbond substituents is 1. The Balaban J connectivity index is 2.57. The van der Waals surface area contributed by atoms with Crippen LogP contribution in [0.25, 0.3) is 6.08 Å². The van der Waals surface area contributed by atoms with Gasteiger partial charge in [-0.2, -0.15) is 5.26 Å². The van der Waals surface area contributed by atoms with E-state index < -0.39 is 14.7 Å². The molecule has 1 N–H and O–H groups in total. The van der Waals surface area contributed by atoms with Gasteiger partial charge in [0.2, 0.25) is 9.84 Å². The van der Waals surface area contributed by atoms with Crippen LogP contribution in [0.2, 0.25) is 0 Å².